The van der Waals surface area contributed by atoms with Crippen LogP contribution >= 0.6 is 0 Å². The summed E-state index contributed by atoms with van der Waals surface area (Å²) in [6.07, 6.45) is 0.685. The predicted molar refractivity (Wildman–Crippen MR) is 84.0 cm³/mol. The van der Waals surface area contributed by atoms with Crippen LogP contribution < -0.4 is 5.73 Å². The molecule has 0 fully saturated rings. The number of esters is 2. The molecule has 126 valence electrons. The molecule has 0 spiro atoms. The summed E-state index contributed by atoms with van der Waals surface area (Å²) >= 11 is 0. The van der Waals surface area contributed by atoms with Crippen molar-refractivity contribution in [3.8, 4) is 12.1 Å². The van der Waals surface area contributed by atoms with Gasteiger partial charge in [0.05, 0.1) is 25.9 Å². The van der Waals surface area contributed by atoms with Crippen LogP contribution in [0, 0.1) is 28.6 Å². The largest absolute Gasteiger partial charge is 0.469 e. The molecule has 0 saturated heterocycles. The average molecular weight is 329 g/mol. The topological polar surface area (TPSA) is 126 Å². The number of nitrogens with two attached hydrogens (primary N) is 1. The maximum absolute atomic E-state index is 12.3. The minimum absolute atomic E-state index is 0.0819. The van der Waals surface area contributed by atoms with Gasteiger partial charge in [0.25, 0.3) is 0 Å². The van der Waals surface area contributed by atoms with E-state index in [0.717, 1.165) is 5.56 Å². The van der Waals surface area contributed by atoms with Gasteiger partial charge in [-0.25, -0.2) is 4.79 Å². The van der Waals surface area contributed by atoms with Crippen molar-refractivity contribution in [3.05, 3.63) is 35.4 Å². The number of hydrogen-bond donors (Lipinski definition) is 1. The zero-order valence-electron chi connectivity index (χ0n) is 13.6. The number of nitriles is 2. The Labute approximate surface area is 140 Å². The first-order valence-corrected chi connectivity index (χ1v) is 7.35. The van der Waals surface area contributed by atoms with Crippen LogP contribution in [0.4, 0.5) is 0 Å². The van der Waals surface area contributed by atoms with Gasteiger partial charge in [-0.05, 0) is 24.5 Å². The fraction of sp³-hybridized carbons (Fsp3) is 0.412. The van der Waals surface area contributed by atoms with Gasteiger partial charge in [-0.15, -0.1) is 0 Å². The van der Waals surface area contributed by atoms with Crippen LogP contribution in [-0.4, -0.2) is 25.7 Å². The van der Waals surface area contributed by atoms with E-state index in [0.29, 0.717) is 12.0 Å². The molecule has 7 nitrogen and oxygen atoms in total. The molecule has 1 rings (SSSR count). The Kier molecular flexibility index (Phi) is 6.91. The summed E-state index contributed by atoms with van der Waals surface area (Å²) in [6.45, 7) is 1.69. The summed E-state index contributed by atoms with van der Waals surface area (Å²) in [6, 6.07) is 9.98. The molecular weight excluding hydrogens is 310 g/mol. The maximum atomic E-state index is 12.3. The highest BCUT2D eigenvalue weighted by molar-refractivity contribution is 5.84. The van der Waals surface area contributed by atoms with E-state index in [-0.39, 0.29) is 19.0 Å². The van der Waals surface area contributed by atoms with Crippen LogP contribution in [0.25, 0.3) is 0 Å². The minimum atomic E-state index is -1.87. The molecule has 7 heteroatoms. The third-order valence-electron chi connectivity index (χ3n) is 3.60. The van der Waals surface area contributed by atoms with E-state index in [1.807, 2.05) is 0 Å². The Balaban J connectivity index is 3.12. The lowest BCUT2D eigenvalue weighted by Crippen LogP contribution is -2.51. The van der Waals surface area contributed by atoms with Crippen LogP contribution in [0.3, 0.4) is 0 Å². The Morgan fingerprint density at radius 2 is 1.83 bits per heavy atom. The SMILES string of the molecule is CCOC(=O)[C@@](N)(c1ccc(CCC(=O)OC)cc1)C(C#N)C#N. The summed E-state index contributed by atoms with van der Waals surface area (Å²) in [5, 5.41) is 18.3. The molecule has 0 aliphatic rings. The van der Waals surface area contributed by atoms with Crippen LogP contribution in [-0.2, 0) is 31.0 Å². The molecule has 0 saturated carbocycles. The second kappa shape index (κ2) is 8.66. The number of aryl methyl sites for hydroxylation is 1. The Morgan fingerprint density at radius 3 is 2.29 bits per heavy atom. The number of methoxy groups -OCH3 is 1. The van der Waals surface area contributed by atoms with Crippen molar-refractivity contribution in [2.45, 2.75) is 25.3 Å². The van der Waals surface area contributed by atoms with E-state index in [1.165, 1.54) is 7.11 Å². The van der Waals surface area contributed by atoms with Gasteiger partial charge < -0.3 is 15.2 Å². The van der Waals surface area contributed by atoms with Gasteiger partial charge in [0.1, 0.15) is 0 Å². The molecule has 0 aliphatic heterocycles. The summed E-state index contributed by atoms with van der Waals surface area (Å²) in [5.74, 6) is -2.55. The number of carbonyl (C=O) groups excluding carboxylic acids is 2. The van der Waals surface area contributed by atoms with Crippen molar-refractivity contribution in [1.82, 2.24) is 0 Å². The zero-order valence-corrected chi connectivity index (χ0v) is 13.6. The van der Waals surface area contributed by atoms with E-state index in [4.69, 9.17) is 21.0 Å². The Hall–Kier alpha value is -2.90. The molecule has 1 atom stereocenters. The lowest BCUT2D eigenvalue weighted by molar-refractivity contribution is -0.151. The first-order valence-electron chi connectivity index (χ1n) is 7.35. The molecule has 0 unspecified atom stereocenters. The lowest BCUT2D eigenvalue weighted by Gasteiger charge is -2.28. The normalized spacial score (nSPS) is 12.6. The van der Waals surface area contributed by atoms with Crippen molar-refractivity contribution >= 4 is 11.9 Å². The van der Waals surface area contributed by atoms with E-state index in [2.05, 4.69) is 4.74 Å². The molecule has 2 N–H and O–H groups in total. The quantitative estimate of drug-likeness (QED) is 0.744. The van der Waals surface area contributed by atoms with Crippen molar-refractivity contribution < 1.29 is 19.1 Å². The molecule has 1 aromatic carbocycles. The molecule has 1 aromatic rings. The van der Waals surface area contributed by atoms with Crippen LogP contribution in [0.2, 0.25) is 0 Å². The van der Waals surface area contributed by atoms with Crippen LogP contribution in [0.15, 0.2) is 24.3 Å². The van der Waals surface area contributed by atoms with Crippen LogP contribution in [0.5, 0.6) is 0 Å². The maximum Gasteiger partial charge on any atom is 0.333 e. The third-order valence-corrected chi connectivity index (χ3v) is 3.60. The van der Waals surface area contributed by atoms with Gasteiger partial charge in [-0.2, -0.15) is 10.5 Å². The van der Waals surface area contributed by atoms with E-state index >= 15 is 0 Å². The smallest absolute Gasteiger partial charge is 0.333 e. The lowest BCUT2D eigenvalue weighted by atomic mass is 9.79. The van der Waals surface area contributed by atoms with Gasteiger partial charge in [-0.1, -0.05) is 24.3 Å². The van der Waals surface area contributed by atoms with Crippen molar-refractivity contribution in [2.24, 2.45) is 11.7 Å². The molecule has 0 aromatic heterocycles. The standard InChI is InChI=1S/C17H19N3O4/c1-3-24-16(22)17(20,14(10-18)11-19)13-7-4-12(5-8-13)6-9-15(21)23-2/h4-5,7-8,14H,3,6,9,20H2,1-2H3/t17-/m1/s1. The summed E-state index contributed by atoms with van der Waals surface area (Å²) in [5.41, 5.74) is 5.38. The highest BCUT2D eigenvalue weighted by Gasteiger charge is 2.46. The Bertz CT molecular complexity index is 659. The molecule has 0 heterocycles. The minimum Gasteiger partial charge on any atom is -0.469 e. The highest BCUT2D eigenvalue weighted by atomic mass is 16.5. The number of benzene rings is 1. The summed E-state index contributed by atoms with van der Waals surface area (Å²) < 4.78 is 9.52. The van der Waals surface area contributed by atoms with E-state index in [1.54, 1.807) is 43.3 Å². The number of rotatable bonds is 7. The van der Waals surface area contributed by atoms with Crippen molar-refractivity contribution in [3.63, 3.8) is 0 Å². The first-order chi connectivity index (χ1) is 11.4. The molecule has 24 heavy (non-hydrogen) atoms. The third kappa shape index (κ3) is 4.09. The molecule has 0 amide bonds. The number of nitrogens with zero attached hydrogens (tertiary/aromatic N) is 2. The van der Waals surface area contributed by atoms with E-state index < -0.39 is 17.4 Å². The predicted octanol–water partition coefficient (Wildman–Crippen LogP) is 1.17. The fourth-order valence-electron chi connectivity index (χ4n) is 2.18. The summed E-state index contributed by atoms with van der Waals surface area (Å²) in [4.78, 5) is 23.4. The monoisotopic (exact) mass is 329 g/mol. The Morgan fingerprint density at radius 1 is 1.25 bits per heavy atom. The van der Waals surface area contributed by atoms with Crippen LogP contribution in [0.1, 0.15) is 24.5 Å². The number of ether oxygens (including phenoxy) is 2. The molecular formula is C17H19N3O4. The molecule has 0 aliphatic carbocycles. The molecule has 0 radical (unpaired) electrons. The van der Waals surface area contributed by atoms with Gasteiger partial charge in [-0.3, -0.25) is 4.79 Å². The van der Waals surface area contributed by atoms with E-state index in [9.17, 15) is 9.59 Å². The van der Waals surface area contributed by atoms with Crippen molar-refractivity contribution in [2.75, 3.05) is 13.7 Å². The average Bonchev–Trinajstić information content (AvgIpc) is 2.60. The number of hydrogen-bond acceptors (Lipinski definition) is 7. The zero-order chi connectivity index (χ0) is 18.2. The fourth-order valence-corrected chi connectivity index (χ4v) is 2.18. The first kappa shape index (κ1) is 19.1. The second-order valence-corrected chi connectivity index (χ2v) is 5.05. The second-order valence-electron chi connectivity index (χ2n) is 5.05. The van der Waals surface area contributed by atoms with Crippen molar-refractivity contribution in [1.29, 1.82) is 10.5 Å². The number of carbonyl (C=O) groups is 2. The summed E-state index contributed by atoms with van der Waals surface area (Å²) in [7, 11) is 1.32. The van der Waals surface area contributed by atoms with Gasteiger partial charge in [0.15, 0.2) is 11.5 Å². The van der Waals surface area contributed by atoms with Gasteiger partial charge in [0.2, 0.25) is 0 Å². The van der Waals surface area contributed by atoms with Gasteiger partial charge in [0, 0.05) is 6.42 Å². The highest BCUT2D eigenvalue weighted by Crippen LogP contribution is 2.29. The van der Waals surface area contributed by atoms with Gasteiger partial charge >= 0.3 is 11.9 Å². The molecule has 0 bridgehead atoms.